The molecule has 3 aromatic rings. The standard InChI is InChI=1S/C23H22F4N2O/c24-18-3-5-19(6-4-18)29-15-21(16-8-11-28(12-9-16)10-1-13-30)20-14-17(23(25,26)27)2-7-22(20)29/h2-8,14-15,30H,1,9-13H2. The Bertz CT molecular complexity index is 1070. The van der Waals surface area contributed by atoms with E-state index in [1.54, 1.807) is 12.1 Å². The average molecular weight is 418 g/mol. The van der Waals surface area contributed by atoms with Crippen molar-refractivity contribution in [3.8, 4) is 5.69 Å². The maximum absolute atomic E-state index is 13.4. The van der Waals surface area contributed by atoms with E-state index in [1.165, 1.54) is 24.3 Å². The second-order valence-corrected chi connectivity index (χ2v) is 7.48. The van der Waals surface area contributed by atoms with Crippen LogP contribution in [0.4, 0.5) is 17.6 Å². The van der Waals surface area contributed by atoms with Crippen LogP contribution in [0.1, 0.15) is 24.0 Å². The van der Waals surface area contributed by atoms with E-state index in [9.17, 15) is 17.6 Å². The minimum absolute atomic E-state index is 0.137. The molecule has 0 amide bonds. The molecule has 4 rings (SSSR count). The van der Waals surface area contributed by atoms with Crippen molar-refractivity contribution in [2.75, 3.05) is 26.2 Å². The summed E-state index contributed by atoms with van der Waals surface area (Å²) < 4.78 is 55.2. The molecule has 0 unspecified atom stereocenters. The van der Waals surface area contributed by atoms with Crippen molar-refractivity contribution in [1.82, 2.24) is 9.47 Å². The first-order valence-corrected chi connectivity index (χ1v) is 9.87. The summed E-state index contributed by atoms with van der Waals surface area (Å²) in [5, 5.41) is 9.54. The summed E-state index contributed by atoms with van der Waals surface area (Å²) >= 11 is 0. The lowest BCUT2D eigenvalue weighted by Crippen LogP contribution is -2.29. The summed E-state index contributed by atoms with van der Waals surface area (Å²) in [6, 6.07) is 9.65. The van der Waals surface area contributed by atoms with Crippen LogP contribution >= 0.6 is 0 Å². The Morgan fingerprint density at radius 3 is 2.43 bits per heavy atom. The van der Waals surface area contributed by atoms with Crippen molar-refractivity contribution < 1.29 is 22.7 Å². The number of hydrogen-bond donors (Lipinski definition) is 1. The monoisotopic (exact) mass is 418 g/mol. The molecule has 0 radical (unpaired) electrons. The van der Waals surface area contributed by atoms with Crippen molar-refractivity contribution in [2.45, 2.75) is 19.0 Å². The number of rotatable bonds is 5. The van der Waals surface area contributed by atoms with Crippen LogP contribution in [0.25, 0.3) is 22.2 Å². The van der Waals surface area contributed by atoms with E-state index in [0.29, 0.717) is 36.0 Å². The SMILES string of the molecule is OCCCN1CC=C(c2cn(-c3ccc(F)cc3)c3ccc(C(F)(F)F)cc23)CC1. The van der Waals surface area contributed by atoms with Crippen molar-refractivity contribution in [3.05, 3.63) is 71.7 Å². The number of aliphatic hydroxyl groups excluding tert-OH is 1. The zero-order valence-corrected chi connectivity index (χ0v) is 16.3. The Hall–Kier alpha value is -2.64. The molecule has 158 valence electrons. The Kier molecular flexibility index (Phi) is 5.66. The summed E-state index contributed by atoms with van der Waals surface area (Å²) in [7, 11) is 0. The molecule has 0 atom stereocenters. The van der Waals surface area contributed by atoms with Gasteiger partial charge in [-0.05, 0) is 60.9 Å². The number of hydrogen-bond acceptors (Lipinski definition) is 2. The van der Waals surface area contributed by atoms with E-state index in [1.807, 2.05) is 16.8 Å². The molecule has 30 heavy (non-hydrogen) atoms. The topological polar surface area (TPSA) is 28.4 Å². The number of aliphatic hydroxyl groups is 1. The normalized spacial score (nSPS) is 15.6. The third-order valence-corrected chi connectivity index (χ3v) is 5.51. The fourth-order valence-electron chi connectivity index (χ4n) is 3.93. The first-order chi connectivity index (χ1) is 14.4. The number of fused-ring (bicyclic) bond motifs is 1. The summed E-state index contributed by atoms with van der Waals surface area (Å²) in [6.45, 7) is 2.40. The van der Waals surface area contributed by atoms with Gasteiger partial charge in [0.1, 0.15) is 5.82 Å². The lowest BCUT2D eigenvalue weighted by Gasteiger charge is -2.26. The lowest BCUT2D eigenvalue weighted by molar-refractivity contribution is -0.137. The van der Waals surface area contributed by atoms with Crippen molar-refractivity contribution >= 4 is 16.5 Å². The van der Waals surface area contributed by atoms with Gasteiger partial charge in [-0.15, -0.1) is 0 Å². The van der Waals surface area contributed by atoms with E-state index in [-0.39, 0.29) is 12.4 Å². The number of benzene rings is 2. The third-order valence-electron chi connectivity index (χ3n) is 5.51. The fraction of sp³-hybridized carbons (Fsp3) is 0.304. The van der Waals surface area contributed by atoms with Crippen LogP contribution in [-0.2, 0) is 6.18 Å². The molecule has 0 aliphatic carbocycles. The van der Waals surface area contributed by atoms with Gasteiger partial charge in [-0.25, -0.2) is 4.39 Å². The third kappa shape index (κ3) is 4.13. The molecule has 0 fully saturated rings. The van der Waals surface area contributed by atoms with Crippen molar-refractivity contribution in [2.24, 2.45) is 0 Å². The average Bonchev–Trinajstić information content (AvgIpc) is 3.11. The number of alkyl halides is 3. The molecule has 0 saturated carbocycles. The predicted octanol–water partition coefficient (Wildman–Crippen LogP) is 5.26. The maximum Gasteiger partial charge on any atom is 0.416 e. The highest BCUT2D eigenvalue weighted by Crippen LogP contribution is 2.37. The van der Waals surface area contributed by atoms with Gasteiger partial charge in [0.25, 0.3) is 0 Å². The Morgan fingerprint density at radius 1 is 1.03 bits per heavy atom. The first kappa shape index (κ1) is 20.6. The Labute approximate surface area is 171 Å². The molecule has 7 heteroatoms. The lowest BCUT2D eigenvalue weighted by atomic mass is 9.98. The van der Waals surface area contributed by atoms with Gasteiger partial charge >= 0.3 is 6.18 Å². The smallest absolute Gasteiger partial charge is 0.396 e. The summed E-state index contributed by atoms with van der Waals surface area (Å²) in [5.74, 6) is -0.368. The van der Waals surface area contributed by atoms with Crippen LogP contribution in [-0.4, -0.2) is 40.8 Å². The largest absolute Gasteiger partial charge is 0.416 e. The van der Waals surface area contributed by atoms with Crippen molar-refractivity contribution in [1.29, 1.82) is 0 Å². The van der Waals surface area contributed by atoms with Crippen LogP contribution in [0.5, 0.6) is 0 Å². The van der Waals surface area contributed by atoms with Gasteiger partial charge in [0.05, 0.1) is 11.1 Å². The van der Waals surface area contributed by atoms with Crippen LogP contribution in [0, 0.1) is 5.82 Å². The zero-order valence-electron chi connectivity index (χ0n) is 16.3. The second kappa shape index (κ2) is 8.24. The minimum atomic E-state index is -4.43. The highest BCUT2D eigenvalue weighted by Gasteiger charge is 2.31. The quantitative estimate of drug-likeness (QED) is 0.573. The fourth-order valence-corrected chi connectivity index (χ4v) is 3.93. The van der Waals surface area contributed by atoms with Gasteiger partial charge < -0.3 is 9.67 Å². The molecule has 0 bridgehead atoms. The number of nitrogens with zero attached hydrogens (tertiary/aromatic N) is 2. The second-order valence-electron chi connectivity index (χ2n) is 7.48. The molecular formula is C23H22F4N2O. The molecule has 2 heterocycles. The molecule has 1 aromatic heterocycles. The highest BCUT2D eigenvalue weighted by atomic mass is 19.4. The molecular weight excluding hydrogens is 396 g/mol. The van der Waals surface area contributed by atoms with E-state index in [4.69, 9.17) is 5.11 Å². The molecule has 1 N–H and O–H groups in total. The number of aromatic nitrogens is 1. The van der Waals surface area contributed by atoms with Crippen LogP contribution in [0.3, 0.4) is 0 Å². The molecule has 2 aromatic carbocycles. The van der Waals surface area contributed by atoms with E-state index < -0.39 is 11.7 Å². The predicted molar refractivity (Wildman–Crippen MR) is 109 cm³/mol. The van der Waals surface area contributed by atoms with Gasteiger partial charge in [0, 0.05) is 49.1 Å². The molecule has 0 spiro atoms. The van der Waals surface area contributed by atoms with E-state index in [0.717, 1.165) is 30.3 Å². The van der Waals surface area contributed by atoms with Crippen LogP contribution in [0.15, 0.2) is 54.7 Å². The van der Waals surface area contributed by atoms with Gasteiger partial charge in [0.2, 0.25) is 0 Å². The molecule has 3 nitrogen and oxygen atoms in total. The van der Waals surface area contributed by atoms with Gasteiger partial charge in [-0.2, -0.15) is 13.2 Å². The summed E-state index contributed by atoms with van der Waals surface area (Å²) in [5.41, 5.74) is 2.42. The zero-order chi connectivity index (χ0) is 21.3. The van der Waals surface area contributed by atoms with Crippen LogP contribution in [0.2, 0.25) is 0 Å². The maximum atomic E-state index is 13.4. The van der Waals surface area contributed by atoms with Gasteiger partial charge in [-0.3, -0.25) is 4.90 Å². The van der Waals surface area contributed by atoms with E-state index in [2.05, 4.69) is 4.90 Å². The Balaban J connectivity index is 1.80. The first-order valence-electron chi connectivity index (χ1n) is 9.87. The minimum Gasteiger partial charge on any atom is -0.396 e. The van der Waals surface area contributed by atoms with Gasteiger partial charge in [0.15, 0.2) is 0 Å². The highest BCUT2D eigenvalue weighted by molar-refractivity contribution is 5.95. The van der Waals surface area contributed by atoms with Gasteiger partial charge in [-0.1, -0.05) is 6.08 Å². The van der Waals surface area contributed by atoms with E-state index >= 15 is 0 Å². The summed E-state index contributed by atoms with van der Waals surface area (Å²) in [4.78, 5) is 2.21. The van der Waals surface area contributed by atoms with Crippen molar-refractivity contribution in [3.63, 3.8) is 0 Å². The molecule has 1 aliphatic heterocycles. The Morgan fingerprint density at radius 2 is 1.80 bits per heavy atom. The summed E-state index contributed by atoms with van der Waals surface area (Å²) in [6.07, 6.45) is 0.871. The number of halogens is 4. The molecule has 0 saturated heterocycles. The van der Waals surface area contributed by atoms with Crippen LogP contribution < -0.4 is 0 Å². The molecule has 1 aliphatic rings.